The summed E-state index contributed by atoms with van der Waals surface area (Å²) in [5, 5.41) is -0.960. The summed E-state index contributed by atoms with van der Waals surface area (Å²) in [5.41, 5.74) is 0. The van der Waals surface area contributed by atoms with E-state index in [1.54, 1.807) is 30.3 Å². The van der Waals surface area contributed by atoms with Gasteiger partial charge in [0.2, 0.25) is 10.0 Å². The minimum Gasteiger partial charge on any atom is -0.223 e. The highest BCUT2D eigenvalue weighted by Gasteiger charge is 2.41. The van der Waals surface area contributed by atoms with Crippen LogP contribution >= 0.6 is 0 Å². The van der Waals surface area contributed by atoms with Crippen molar-refractivity contribution >= 4 is 19.9 Å². The number of rotatable bonds is 4. The predicted molar refractivity (Wildman–Crippen MR) is 89.4 cm³/mol. The molecule has 1 aliphatic heterocycles. The van der Waals surface area contributed by atoms with Crippen molar-refractivity contribution in [2.24, 2.45) is 0 Å². The fraction of sp³-hybridized carbons (Fsp3) is 0.625. The average Bonchev–Trinajstić information content (AvgIpc) is 3.08. The second-order valence-electron chi connectivity index (χ2n) is 6.43. The molecule has 128 valence electrons. The molecule has 5 nitrogen and oxygen atoms in total. The Morgan fingerprint density at radius 3 is 2.13 bits per heavy atom. The third-order valence-electron chi connectivity index (χ3n) is 4.95. The summed E-state index contributed by atoms with van der Waals surface area (Å²) in [6.07, 6.45) is 4.77. The third-order valence-corrected chi connectivity index (χ3v) is 9.51. The Morgan fingerprint density at radius 1 is 0.826 bits per heavy atom. The highest BCUT2D eigenvalue weighted by molar-refractivity contribution is 7.92. The molecular formula is C16H23NO4S2. The number of nitrogens with zero attached hydrogens (tertiary/aromatic N) is 1. The number of hydrogen-bond acceptors (Lipinski definition) is 4. The lowest BCUT2D eigenvalue weighted by atomic mass is 10.0. The summed E-state index contributed by atoms with van der Waals surface area (Å²) < 4.78 is 52.2. The molecule has 0 amide bonds. The zero-order chi connectivity index (χ0) is 16.5. The second-order valence-corrected chi connectivity index (χ2v) is 10.9. The van der Waals surface area contributed by atoms with Crippen LogP contribution in [-0.4, -0.2) is 44.7 Å². The van der Waals surface area contributed by atoms with Crippen LogP contribution in [0.5, 0.6) is 0 Å². The lowest BCUT2D eigenvalue weighted by Crippen LogP contribution is -2.39. The minimum absolute atomic E-state index is 0.0933. The molecule has 1 aromatic carbocycles. The Bertz CT molecular complexity index is 738. The van der Waals surface area contributed by atoms with Gasteiger partial charge in [-0.2, -0.15) is 0 Å². The van der Waals surface area contributed by atoms with Gasteiger partial charge in [-0.15, -0.1) is 0 Å². The van der Waals surface area contributed by atoms with E-state index in [4.69, 9.17) is 0 Å². The molecule has 23 heavy (non-hydrogen) atoms. The lowest BCUT2D eigenvalue weighted by Gasteiger charge is -2.27. The van der Waals surface area contributed by atoms with Crippen molar-refractivity contribution in [3.63, 3.8) is 0 Å². The van der Waals surface area contributed by atoms with E-state index in [9.17, 15) is 16.8 Å². The van der Waals surface area contributed by atoms with Gasteiger partial charge < -0.3 is 0 Å². The van der Waals surface area contributed by atoms with Gasteiger partial charge in [-0.3, -0.25) is 0 Å². The summed E-state index contributed by atoms with van der Waals surface area (Å²) in [5.74, 6) is 0. The molecule has 1 unspecified atom stereocenters. The van der Waals surface area contributed by atoms with Gasteiger partial charge >= 0.3 is 0 Å². The monoisotopic (exact) mass is 357 g/mol. The van der Waals surface area contributed by atoms with E-state index in [1.165, 1.54) is 4.31 Å². The molecule has 1 aliphatic carbocycles. The number of sulfone groups is 1. The quantitative estimate of drug-likeness (QED) is 0.828. The maximum atomic E-state index is 12.7. The van der Waals surface area contributed by atoms with Crippen molar-refractivity contribution in [2.45, 2.75) is 53.9 Å². The molecule has 1 atom stereocenters. The molecular weight excluding hydrogens is 334 g/mol. The topological polar surface area (TPSA) is 71.5 Å². The van der Waals surface area contributed by atoms with Gasteiger partial charge in [0, 0.05) is 13.1 Å². The molecule has 1 aromatic rings. The number of benzene rings is 1. The average molecular weight is 357 g/mol. The van der Waals surface area contributed by atoms with E-state index >= 15 is 0 Å². The van der Waals surface area contributed by atoms with Crippen molar-refractivity contribution in [3.05, 3.63) is 30.3 Å². The Hall–Kier alpha value is -0.920. The fourth-order valence-corrected chi connectivity index (χ4v) is 7.46. The minimum atomic E-state index is -3.47. The highest BCUT2D eigenvalue weighted by atomic mass is 32.2. The van der Waals surface area contributed by atoms with E-state index in [1.807, 2.05) is 0 Å². The Balaban J connectivity index is 1.76. The number of sulfonamides is 1. The van der Waals surface area contributed by atoms with Gasteiger partial charge in [-0.1, -0.05) is 37.5 Å². The Labute approximate surface area is 138 Å². The van der Waals surface area contributed by atoms with Crippen molar-refractivity contribution in [3.8, 4) is 0 Å². The van der Waals surface area contributed by atoms with Crippen LogP contribution in [0.4, 0.5) is 0 Å². The van der Waals surface area contributed by atoms with E-state index in [-0.39, 0.29) is 16.7 Å². The van der Waals surface area contributed by atoms with Crippen LogP contribution in [0.2, 0.25) is 0 Å². The van der Waals surface area contributed by atoms with Crippen molar-refractivity contribution in [1.29, 1.82) is 0 Å². The summed E-state index contributed by atoms with van der Waals surface area (Å²) in [6, 6.07) is 8.31. The summed E-state index contributed by atoms with van der Waals surface area (Å²) in [4.78, 5) is 0.280. The predicted octanol–water partition coefficient (Wildman–Crippen LogP) is 2.20. The maximum Gasteiger partial charge on any atom is 0.217 e. The standard InChI is InChI=1S/C16H23NO4S2/c18-22(19,14-7-3-1-4-8-14)16-11-12-17(13-16)23(20,21)15-9-5-2-6-10-15/h1,3-4,7-8,15-16H,2,5-6,9-13H2. The Kier molecular flexibility index (Phi) is 4.80. The maximum absolute atomic E-state index is 12.7. The van der Waals surface area contributed by atoms with Crippen LogP contribution in [0.15, 0.2) is 35.2 Å². The Morgan fingerprint density at radius 2 is 1.48 bits per heavy atom. The van der Waals surface area contributed by atoms with Crippen LogP contribution < -0.4 is 0 Å². The first-order valence-electron chi connectivity index (χ1n) is 8.20. The molecule has 1 heterocycles. The normalized spacial score (nSPS) is 24.8. The molecule has 0 spiro atoms. The van der Waals surface area contributed by atoms with Crippen LogP contribution in [0, 0.1) is 0 Å². The first-order valence-corrected chi connectivity index (χ1v) is 11.3. The smallest absolute Gasteiger partial charge is 0.217 e. The van der Waals surface area contributed by atoms with E-state index < -0.39 is 25.1 Å². The van der Waals surface area contributed by atoms with E-state index in [2.05, 4.69) is 0 Å². The number of hydrogen-bond donors (Lipinski definition) is 0. The van der Waals surface area contributed by atoms with Gasteiger partial charge in [-0.05, 0) is 31.4 Å². The van der Waals surface area contributed by atoms with Crippen LogP contribution in [0.25, 0.3) is 0 Å². The first kappa shape index (κ1) is 16.9. The third kappa shape index (κ3) is 3.32. The SMILES string of the molecule is O=S(=O)(c1ccccc1)C1CCN(S(=O)(=O)C2CCCCC2)C1. The molecule has 1 saturated carbocycles. The van der Waals surface area contributed by atoms with Gasteiger partial charge in [0.15, 0.2) is 9.84 Å². The summed E-state index contributed by atoms with van der Waals surface area (Å²) >= 11 is 0. The van der Waals surface area contributed by atoms with Crippen LogP contribution in [0.1, 0.15) is 38.5 Å². The van der Waals surface area contributed by atoms with E-state index in [0.29, 0.717) is 25.8 Å². The van der Waals surface area contributed by atoms with E-state index in [0.717, 1.165) is 19.3 Å². The first-order chi connectivity index (χ1) is 10.9. The molecule has 2 aliphatic rings. The summed E-state index contributed by atoms with van der Waals surface area (Å²) in [7, 11) is -6.84. The zero-order valence-corrected chi connectivity index (χ0v) is 14.7. The second kappa shape index (κ2) is 6.53. The van der Waals surface area contributed by atoms with Crippen molar-refractivity contribution in [2.75, 3.05) is 13.1 Å². The molecule has 0 N–H and O–H groups in total. The van der Waals surface area contributed by atoms with Gasteiger partial charge in [-0.25, -0.2) is 21.1 Å². The largest absolute Gasteiger partial charge is 0.223 e. The molecule has 7 heteroatoms. The van der Waals surface area contributed by atoms with Crippen LogP contribution in [-0.2, 0) is 19.9 Å². The van der Waals surface area contributed by atoms with Crippen LogP contribution in [0.3, 0.4) is 0 Å². The molecule has 3 rings (SSSR count). The molecule has 0 bridgehead atoms. The summed E-state index contributed by atoms with van der Waals surface area (Å²) in [6.45, 7) is 0.408. The molecule has 2 fully saturated rings. The fourth-order valence-electron chi connectivity index (χ4n) is 3.56. The highest BCUT2D eigenvalue weighted by Crippen LogP contribution is 2.31. The van der Waals surface area contributed by atoms with Crippen molar-refractivity contribution in [1.82, 2.24) is 4.31 Å². The lowest BCUT2D eigenvalue weighted by molar-refractivity contribution is 0.428. The van der Waals surface area contributed by atoms with Gasteiger partial charge in [0.05, 0.1) is 15.4 Å². The molecule has 0 radical (unpaired) electrons. The zero-order valence-electron chi connectivity index (χ0n) is 13.1. The van der Waals surface area contributed by atoms with Crippen molar-refractivity contribution < 1.29 is 16.8 Å². The molecule has 0 aromatic heterocycles. The van der Waals surface area contributed by atoms with Gasteiger partial charge in [0.1, 0.15) is 0 Å². The molecule has 1 saturated heterocycles. The van der Waals surface area contributed by atoms with Gasteiger partial charge in [0.25, 0.3) is 0 Å².